The van der Waals surface area contributed by atoms with Crippen LogP contribution in [0.25, 0.3) is 10.9 Å². The average Bonchev–Trinajstić information content (AvgIpc) is 3.00. The van der Waals surface area contributed by atoms with Crippen molar-refractivity contribution in [1.29, 1.82) is 0 Å². The molecule has 7 heteroatoms. The Morgan fingerprint density at radius 1 is 1.26 bits per heavy atom. The standard InChI is InChI=1S/C20H28N4O3/c1-12(2)17(19(21)26)22-20(27)18-15-5-3-4-6-16(15)24(23-18)11-13-7-9-14(25)10-8-13/h3-6,12-14,17,25H,7-11H2,1-2H3,(H2,21,26)(H,22,27). The number of hydrogen-bond acceptors (Lipinski definition) is 4. The molecule has 1 heterocycles. The molecule has 1 aliphatic rings. The quantitative estimate of drug-likeness (QED) is 0.718. The molecule has 0 spiro atoms. The number of hydrogen-bond donors (Lipinski definition) is 3. The number of nitrogens with two attached hydrogens (primary N) is 1. The van der Waals surface area contributed by atoms with E-state index in [1.54, 1.807) is 0 Å². The van der Waals surface area contributed by atoms with Gasteiger partial charge in [0, 0.05) is 11.9 Å². The summed E-state index contributed by atoms with van der Waals surface area (Å²) in [5, 5.41) is 17.8. The fourth-order valence-electron chi connectivity index (χ4n) is 3.78. The second-order valence-electron chi connectivity index (χ2n) is 7.82. The van der Waals surface area contributed by atoms with E-state index in [2.05, 4.69) is 10.4 Å². The summed E-state index contributed by atoms with van der Waals surface area (Å²) >= 11 is 0. The molecule has 0 radical (unpaired) electrons. The van der Waals surface area contributed by atoms with Gasteiger partial charge in [-0.05, 0) is 43.6 Å². The van der Waals surface area contributed by atoms with Gasteiger partial charge >= 0.3 is 0 Å². The van der Waals surface area contributed by atoms with Crippen molar-refractivity contribution in [1.82, 2.24) is 15.1 Å². The Kier molecular flexibility index (Phi) is 5.79. The Hall–Kier alpha value is -2.41. The zero-order chi connectivity index (χ0) is 19.6. The second kappa shape index (κ2) is 8.08. The summed E-state index contributed by atoms with van der Waals surface area (Å²) in [4.78, 5) is 24.4. The van der Waals surface area contributed by atoms with Crippen molar-refractivity contribution < 1.29 is 14.7 Å². The fourth-order valence-corrected chi connectivity index (χ4v) is 3.78. The monoisotopic (exact) mass is 372 g/mol. The number of amides is 2. The first kappa shape index (κ1) is 19.4. The van der Waals surface area contributed by atoms with Gasteiger partial charge in [0.2, 0.25) is 5.91 Å². The van der Waals surface area contributed by atoms with Crippen LogP contribution in [0.15, 0.2) is 24.3 Å². The molecule has 0 aliphatic heterocycles. The normalized spacial score (nSPS) is 21.3. The van der Waals surface area contributed by atoms with Crippen LogP contribution in [-0.2, 0) is 11.3 Å². The summed E-state index contributed by atoms with van der Waals surface area (Å²) in [5.74, 6) is -0.612. The molecule has 2 amide bonds. The Balaban J connectivity index is 1.85. The molecule has 0 bridgehead atoms. The smallest absolute Gasteiger partial charge is 0.273 e. The van der Waals surface area contributed by atoms with Gasteiger partial charge in [0.1, 0.15) is 6.04 Å². The minimum absolute atomic E-state index is 0.103. The Morgan fingerprint density at radius 3 is 2.56 bits per heavy atom. The van der Waals surface area contributed by atoms with Gasteiger partial charge in [0.25, 0.3) is 5.91 Å². The van der Waals surface area contributed by atoms with Gasteiger partial charge in [-0.3, -0.25) is 14.3 Å². The van der Waals surface area contributed by atoms with Crippen molar-refractivity contribution in [2.75, 3.05) is 0 Å². The van der Waals surface area contributed by atoms with Crippen LogP contribution in [0.4, 0.5) is 0 Å². The molecule has 1 saturated carbocycles. The van der Waals surface area contributed by atoms with E-state index in [-0.39, 0.29) is 17.9 Å². The zero-order valence-corrected chi connectivity index (χ0v) is 15.9. The molecule has 1 aliphatic carbocycles. The lowest BCUT2D eigenvalue weighted by Gasteiger charge is -2.25. The van der Waals surface area contributed by atoms with Crippen molar-refractivity contribution in [3.63, 3.8) is 0 Å². The van der Waals surface area contributed by atoms with Crippen LogP contribution in [0.3, 0.4) is 0 Å². The SMILES string of the molecule is CC(C)C(NC(=O)c1nn(CC2CCC(O)CC2)c2ccccc12)C(N)=O. The Morgan fingerprint density at radius 2 is 1.93 bits per heavy atom. The highest BCUT2D eigenvalue weighted by Crippen LogP contribution is 2.27. The van der Waals surface area contributed by atoms with Gasteiger partial charge in [-0.25, -0.2) is 0 Å². The molecule has 7 nitrogen and oxygen atoms in total. The van der Waals surface area contributed by atoms with E-state index in [4.69, 9.17) is 5.73 Å². The van der Waals surface area contributed by atoms with E-state index in [9.17, 15) is 14.7 Å². The molecule has 0 saturated heterocycles. The van der Waals surface area contributed by atoms with Gasteiger partial charge in [0.05, 0.1) is 11.6 Å². The molecule has 2 aromatic rings. The number of nitrogens with one attached hydrogen (secondary N) is 1. The lowest BCUT2D eigenvalue weighted by molar-refractivity contribution is -0.120. The summed E-state index contributed by atoms with van der Waals surface area (Å²) in [6.45, 7) is 4.39. The molecule has 4 N–H and O–H groups in total. The molecule has 3 rings (SSSR count). The third-order valence-corrected chi connectivity index (χ3v) is 5.38. The van der Waals surface area contributed by atoms with Crippen LogP contribution in [0.5, 0.6) is 0 Å². The maximum Gasteiger partial charge on any atom is 0.273 e. The van der Waals surface area contributed by atoms with E-state index in [0.29, 0.717) is 18.2 Å². The van der Waals surface area contributed by atoms with Crippen LogP contribution in [0.2, 0.25) is 0 Å². The molecule has 27 heavy (non-hydrogen) atoms. The number of para-hydroxylation sites is 1. The first-order valence-corrected chi connectivity index (χ1v) is 9.60. The van der Waals surface area contributed by atoms with Crippen LogP contribution in [0, 0.1) is 11.8 Å². The van der Waals surface area contributed by atoms with Crippen LogP contribution < -0.4 is 11.1 Å². The molecule has 146 valence electrons. The van der Waals surface area contributed by atoms with E-state index in [1.165, 1.54) is 0 Å². The molecule has 1 atom stereocenters. The van der Waals surface area contributed by atoms with Gasteiger partial charge in [0.15, 0.2) is 5.69 Å². The number of fused-ring (bicyclic) bond motifs is 1. The first-order chi connectivity index (χ1) is 12.9. The minimum Gasteiger partial charge on any atom is -0.393 e. The van der Waals surface area contributed by atoms with E-state index in [0.717, 1.165) is 36.6 Å². The molecule has 1 aromatic carbocycles. The highest BCUT2D eigenvalue weighted by molar-refractivity contribution is 6.06. The number of primary amides is 1. The van der Waals surface area contributed by atoms with Crippen molar-refractivity contribution in [2.45, 2.75) is 58.2 Å². The number of aliphatic hydroxyl groups excluding tert-OH is 1. The van der Waals surface area contributed by atoms with Gasteiger partial charge in [-0.2, -0.15) is 5.10 Å². The van der Waals surface area contributed by atoms with Gasteiger partial charge < -0.3 is 16.2 Å². The zero-order valence-electron chi connectivity index (χ0n) is 15.9. The van der Waals surface area contributed by atoms with Crippen molar-refractivity contribution in [2.24, 2.45) is 17.6 Å². The third kappa shape index (κ3) is 4.30. The van der Waals surface area contributed by atoms with Gasteiger partial charge in [-0.1, -0.05) is 32.0 Å². The minimum atomic E-state index is -0.735. The second-order valence-corrected chi connectivity index (χ2v) is 7.82. The summed E-state index contributed by atoms with van der Waals surface area (Å²) < 4.78 is 1.88. The predicted molar refractivity (Wildman–Crippen MR) is 103 cm³/mol. The van der Waals surface area contributed by atoms with Crippen molar-refractivity contribution >= 4 is 22.7 Å². The van der Waals surface area contributed by atoms with Crippen LogP contribution >= 0.6 is 0 Å². The Bertz CT molecular complexity index is 822. The number of benzene rings is 1. The first-order valence-electron chi connectivity index (χ1n) is 9.60. The average molecular weight is 372 g/mol. The summed E-state index contributed by atoms with van der Waals surface area (Å²) in [6, 6.07) is 6.88. The van der Waals surface area contributed by atoms with E-state index >= 15 is 0 Å². The molecular weight excluding hydrogens is 344 g/mol. The van der Waals surface area contributed by atoms with Crippen LogP contribution in [-0.4, -0.2) is 38.8 Å². The molecule has 1 fully saturated rings. The lowest BCUT2D eigenvalue weighted by atomic mass is 9.87. The largest absolute Gasteiger partial charge is 0.393 e. The number of nitrogens with zero attached hydrogens (tertiary/aromatic N) is 2. The Labute approximate surface area is 158 Å². The van der Waals surface area contributed by atoms with Crippen molar-refractivity contribution in [3.05, 3.63) is 30.0 Å². The highest BCUT2D eigenvalue weighted by Gasteiger charge is 2.26. The predicted octanol–water partition coefficient (Wildman–Crippen LogP) is 1.83. The number of carbonyl (C=O) groups excluding carboxylic acids is 2. The lowest BCUT2D eigenvalue weighted by Crippen LogP contribution is -2.47. The number of aliphatic hydroxyl groups is 1. The molecule has 1 aromatic heterocycles. The number of aromatic nitrogens is 2. The number of carbonyl (C=O) groups is 2. The topological polar surface area (TPSA) is 110 Å². The molecule has 1 unspecified atom stereocenters. The van der Waals surface area contributed by atoms with Gasteiger partial charge in [-0.15, -0.1) is 0 Å². The van der Waals surface area contributed by atoms with E-state index < -0.39 is 11.9 Å². The highest BCUT2D eigenvalue weighted by atomic mass is 16.3. The molecular formula is C20H28N4O3. The van der Waals surface area contributed by atoms with Crippen molar-refractivity contribution in [3.8, 4) is 0 Å². The summed E-state index contributed by atoms with van der Waals surface area (Å²) in [5.41, 5.74) is 6.63. The maximum atomic E-state index is 12.8. The fraction of sp³-hybridized carbons (Fsp3) is 0.550. The third-order valence-electron chi connectivity index (χ3n) is 5.38. The number of rotatable bonds is 6. The van der Waals surface area contributed by atoms with E-state index in [1.807, 2.05) is 42.8 Å². The summed E-state index contributed by atoms with van der Waals surface area (Å²) in [6.07, 6.45) is 3.33. The summed E-state index contributed by atoms with van der Waals surface area (Å²) in [7, 11) is 0. The maximum absolute atomic E-state index is 12.8. The van der Waals surface area contributed by atoms with Crippen LogP contribution in [0.1, 0.15) is 50.0 Å².